The third kappa shape index (κ3) is 4.75. The molecule has 33 heavy (non-hydrogen) atoms. The second kappa shape index (κ2) is 9.54. The van der Waals surface area contributed by atoms with Gasteiger partial charge < -0.3 is 13.9 Å². The van der Waals surface area contributed by atoms with Crippen LogP contribution in [-0.2, 0) is 16.6 Å². The summed E-state index contributed by atoms with van der Waals surface area (Å²) >= 11 is 0. The van der Waals surface area contributed by atoms with Gasteiger partial charge in [-0.05, 0) is 37.6 Å². The number of ether oxygens (including phenoxy) is 2. The number of nitrogens with zero attached hydrogens (tertiary/aromatic N) is 3. The normalized spacial score (nSPS) is 15.5. The number of benzene rings is 2. The minimum Gasteiger partial charge on any atom is -0.493 e. The fourth-order valence-corrected chi connectivity index (χ4v) is 5.41. The lowest BCUT2D eigenvalue weighted by molar-refractivity contribution is 0.179. The predicted octanol–water partition coefficient (Wildman–Crippen LogP) is 3.48. The molecule has 2 aromatic carbocycles. The minimum absolute atomic E-state index is 0.198. The number of aryl methyl sites for hydroxylation is 2. The van der Waals surface area contributed by atoms with Crippen LogP contribution < -0.4 is 9.47 Å². The second-order valence-electron chi connectivity index (χ2n) is 8.03. The van der Waals surface area contributed by atoms with Crippen molar-refractivity contribution in [1.82, 2.24) is 14.2 Å². The van der Waals surface area contributed by atoms with E-state index in [0.717, 1.165) is 22.6 Å². The van der Waals surface area contributed by atoms with Crippen LogP contribution in [0.15, 0.2) is 51.8 Å². The molecule has 0 atom stereocenters. The van der Waals surface area contributed by atoms with Crippen LogP contribution in [0.1, 0.15) is 17.0 Å². The van der Waals surface area contributed by atoms with Crippen molar-refractivity contribution in [3.63, 3.8) is 0 Å². The van der Waals surface area contributed by atoms with Crippen LogP contribution in [0.5, 0.6) is 11.5 Å². The molecule has 1 aliphatic rings. The number of piperazine rings is 1. The van der Waals surface area contributed by atoms with Gasteiger partial charge in [-0.15, -0.1) is 0 Å². The van der Waals surface area contributed by atoms with E-state index in [2.05, 4.69) is 4.90 Å². The van der Waals surface area contributed by atoms with E-state index in [1.165, 1.54) is 24.6 Å². The molecule has 1 fully saturated rings. The van der Waals surface area contributed by atoms with E-state index in [-0.39, 0.29) is 4.90 Å². The van der Waals surface area contributed by atoms with Crippen molar-refractivity contribution in [2.75, 3.05) is 40.4 Å². The Balaban J connectivity index is 1.43. The Hall–Kier alpha value is -2.88. The first-order valence-corrected chi connectivity index (χ1v) is 12.2. The fourth-order valence-electron chi connectivity index (χ4n) is 3.97. The monoisotopic (exact) mass is 471 g/mol. The molecule has 0 aliphatic carbocycles. The average Bonchev–Trinajstić information content (AvgIpc) is 3.18. The van der Waals surface area contributed by atoms with Crippen LogP contribution in [0.4, 0.5) is 0 Å². The molecule has 0 amide bonds. The Kier molecular flexibility index (Phi) is 6.73. The summed E-state index contributed by atoms with van der Waals surface area (Å²) in [5, 5.41) is 0. The molecule has 1 saturated heterocycles. The van der Waals surface area contributed by atoms with Crippen LogP contribution in [0, 0.1) is 13.8 Å². The maximum atomic E-state index is 13.1. The first-order valence-electron chi connectivity index (χ1n) is 10.8. The smallest absolute Gasteiger partial charge is 0.243 e. The molecule has 0 radical (unpaired) electrons. The Morgan fingerprint density at radius 1 is 0.970 bits per heavy atom. The van der Waals surface area contributed by atoms with Gasteiger partial charge in [-0.3, -0.25) is 4.90 Å². The highest BCUT2D eigenvalue weighted by molar-refractivity contribution is 7.89. The standard InChI is InChI=1S/C24H29N3O5S/c1-17-7-5-6-8-20(17)24-25-21(18(2)32-24)16-26-11-13-27(14-12-26)33(28,29)19-9-10-22(30-3)23(15-19)31-4/h5-10,15H,11-14,16H2,1-4H3. The lowest BCUT2D eigenvalue weighted by Gasteiger charge is -2.33. The summed E-state index contributed by atoms with van der Waals surface area (Å²) in [5.41, 5.74) is 2.97. The van der Waals surface area contributed by atoms with Crippen molar-refractivity contribution >= 4 is 10.0 Å². The van der Waals surface area contributed by atoms with Gasteiger partial charge in [-0.25, -0.2) is 13.4 Å². The molecule has 3 aromatic rings. The van der Waals surface area contributed by atoms with Crippen LogP contribution in [0.2, 0.25) is 0 Å². The minimum atomic E-state index is -3.62. The number of hydrogen-bond donors (Lipinski definition) is 0. The van der Waals surface area contributed by atoms with Crippen molar-refractivity contribution in [3.05, 3.63) is 59.5 Å². The highest BCUT2D eigenvalue weighted by Gasteiger charge is 2.30. The van der Waals surface area contributed by atoms with E-state index >= 15 is 0 Å². The zero-order valence-electron chi connectivity index (χ0n) is 19.4. The summed E-state index contributed by atoms with van der Waals surface area (Å²) in [6.07, 6.45) is 0. The molecule has 0 spiro atoms. The summed E-state index contributed by atoms with van der Waals surface area (Å²) < 4.78 is 44.2. The lowest BCUT2D eigenvalue weighted by atomic mass is 10.1. The predicted molar refractivity (Wildman–Crippen MR) is 125 cm³/mol. The number of hydrogen-bond acceptors (Lipinski definition) is 7. The highest BCUT2D eigenvalue weighted by atomic mass is 32.2. The van der Waals surface area contributed by atoms with Gasteiger partial charge >= 0.3 is 0 Å². The van der Waals surface area contributed by atoms with Crippen molar-refractivity contribution < 1.29 is 22.3 Å². The molecule has 0 saturated carbocycles. The zero-order chi connectivity index (χ0) is 23.6. The summed E-state index contributed by atoms with van der Waals surface area (Å²) in [5.74, 6) is 2.29. The van der Waals surface area contributed by atoms with Gasteiger partial charge in [0.2, 0.25) is 15.9 Å². The SMILES string of the molecule is COc1ccc(S(=O)(=O)N2CCN(Cc3nc(-c4ccccc4C)oc3C)CC2)cc1OC. The Morgan fingerprint density at radius 2 is 1.67 bits per heavy atom. The Labute approximate surface area is 194 Å². The summed E-state index contributed by atoms with van der Waals surface area (Å²) in [6.45, 7) is 6.59. The molecule has 0 N–H and O–H groups in total. The van der Waals surface area contributed by atoms with Gasteiger partial charge in [0.05, 0.1) is 24.8 Å². The maximum Gasteiger partial charge on any atom is 0.243 e. The average molecular weight is 472 g/mol. The Morgan fingerprint density at radius 3 is 2.33 bits per heavy atom. The molecular formula is C24H29N3O5S. The van der Waals surface area contributed by atoms with Gasteiger partial charge in [0.25, 0.3) is 0 Å². The van der Waals surface area contributed by atoms with Gasteiger partial charge in [-0.2, -0.15) is 4.31 Å². The van der Waals surface area contributed by atoms with Crippen LogP contribution in [-0.4, -0.2) is 63.0 Å². The Bertz CT molecular complexity index is 1230. The summed E-state index contributed by atoms with van der Waals surface area (Å²) in [4.78, 5) is 7.12. The number of oxazole rings is 1. The highest BCUT2D eigenvalue weighted by Crippen LogP contribution is 2.31. The largest absolute Gasteiger partial charge is 0.493 e. The molecule has 4 rings (SSSR count). The summed E-state index contributed by atoms with van der Waals surface area (Å²) in [6, 6.07) is 12.7. The van der Waals surface area contributed by atoms with Gasteiger partial charge in [-0.1, -0.05) is 18.2 Å². The zero-order valence-corrected chi connectivity index (χ0v) is 20.2. The number of methoxy groups -OCH3 is 2. The summed E-state index contributed by atoms with van der Waals surface area (Å²) in [7, 11) is -0.615. The quantitative estimate of drug-likeness (QED) is 0.521. The molecule has 176 valence electrons. The molecule has 0 bridgehead atoms. The molecule has 0 unspecified atom stereocenters. The van der Waals surface area contributed by atoms with Crippen molar-refractivity contribution in [1.29, 1.82) is 0 Å². The van der Waals surface area contributed by atoms with Gasteiger partial charge in [0, 0.05) is 44.4 Å². The van der Waals surface area contributed by atoms with E-state index < -0.39 is 10.0 Å². The first-order chi connectivity index (χ1) is 15.8. The first kappa shape index (κ1) is 23.3. The van der Waals surface area contributed by atoms with E-state index in [0.29, 0.717) is 50.1 Å². The molecule has 2 heterocycles. The molecule has 1 aliphatic heterocycles. The molecule has 8 nitrogen and oxygen atoms in total. The van der Waals surface area contributed by atoms with Crippen molar-refractivity contribution in [2.24, 2.45) is 0 Å². The van der Waals surface area contributed by atoms with Crippen molar-refractivity contribution in [2.45, 2.75) is 25.3 Å². The van der Waals surface area contributed by atoms with Crippen molar-refractivity contribution in [3.8, 4) is 23.0 Å². The van der Waals surface area contributed by atoms with Crippen LogP contribution in [0.3, 0.4) is 0 Å². The maximum absolute atomic E-state index is 13.1. The van der Waals surface area contributed by atoms with E-state index in [1.807, 2.05) is 38.1 Å². The van der Waals surface area contributed by atoms with Gasteiger partial charge in [0.15, 0.2) is 11.5 Å². The fraction of sp³-hybridized carbons (Fsp3) is 0.375. The number of aromatic nitrogens is 1. The lowest BCUT2D eigenvalue weighted by Crippen LogP contribution is -2.48. The number of rotatable bonds is 7. The van der Waals surface area contributed by atoms with Crippen LogP contribution in [0.25, 0.3) is 11.5 Å². The molecule has 1 aromatic heterocycles. The third-order valence-corrected chi connectivity index (χ3v) is 7.86. The van der Waals surface area contributed by atoms with Gasteiger partial charge in [0.1, 0.15) is 5.76 Å². The second-order valence-corrected chi connectivity index (χ2v) is 9.97. The van der Waals surface area contributed by atoms with Crippen LogP contribution >= 0.6 is 0 Å². The third-order valence-electron chi connectivity index (χ3n) is 5.97. The molecular weight excluding hydrogens is 442 g/mol. The number of sulfonamides is 1. The van der Waals surface area contributed by atoms with E-state index in [9.17, 15) is 8.42 Å². The topological polar surface area (TPSA) is 85.1 Å². The molecule has 9 heteroatoms. The van der Waals surface area contributed by atoms with E-state index in [1.54, 1.807) is 12.1 Å². The van der Waals surface area contributed by atoms with E-state index in [4.69, 9.17) is 18.9 Å².